The molecule has 0 atom stereocenters. The Kier molecular flexibility index (Phi) is 6.72. The number of anilines is 1. The van der Waals surface area contributed by atoms with Gasteiger partial charge in [0.05, 0.1) is 11.8 Å². The maximum Gasteiger partial charge on any atom is 0.252 e. The molecule has 2 fully saturated rings. The first kappa shape index (κ1) is 26.1. The van der Waals surface area contributed by atoms with Gasteiger partial charge in [-0.3, -0.25) is 9.69 Å². The average molecular weight is 568 g/mol. The molecule has 1 spiro atoms. The number of aromatic nitrogens is 2. The third-order valence-electron chi connectivity index (χ3n) is 9.07. The van der Waals surface area contributed by atoms with E-state index >= 15 is 0 Å². The number of pyridine rings is 1. The Morgan fingerprint density at radius 3 is 2.59 bits per heavy atom. The molecule has 41 heavy (non-hydrogen) atoms. The molecule has 0 radical (unpaired) electrons. The van der Waals surface area contributed by atoms with E-state index < -0.39 is 5.91 Å². The van der Waals surface area contributed by atoms with Crippen molar-refractivity contribution < 1.29 is 9.53 Å². The number of rotatable bonds is 7. The number of piperazine rings is 1. The highest BCUT2D eigenvalue weighted by molar-refractivity contribution is 6.30. The molecule has 1 amide bonds. The van der Waals surface area contributed by atoms with E-state index in [1.54, 1.807) is 23.4 Å². The van der Waals surface area contributed by atoms with Crippen LogP contribution in [0.3, 0.4) is 0 Å². The summed E-state index contributed by atoms with van der Waals surface area (Å²) < 4.78 is 6.16. The molecule has 1 saturated carbocycles. The van der Waals surface area contributed by atoms with Crippen LogP contribution in [0.4, 0.5) is 5.69 Å². The number of allylic oxidation sites excluding steroid dienone is 1. The second-order valence-electron chi connectivity index (χ2n) is 11.8. The van der Waals surface area contributed by atoms with Crippen LogP contribution < -0.4 is 15.4 Å². The van der Waals surface area contributed by atoms with Crippen LogP contribution in [0.25, 0.3) is 16.6 Å². The summed E-state index contributed by atoms with van der Waals surface area (Å²) >= 11 is 6.20. The van der Waals surface area contributed by atoms with E-state index in [2.05, 4.69) is 31.9 Å². The van der Waals surface area contributed by atoms with E-state index in [0.717, 1.165) is 54.5 Å². The smallest absolute Gasteiger partial charge is 0.252 e. The van der Waals surface area contributed by atoms with Gasteiger partial charge in [0.1, 0.15) is 17.1 Å². The number of nitrogens with zero attached hydrogens (tertiary/aromatic N) is 3. The number of carbonyl (C=O) groups is 1. The van der Waals surface area contributed by atoms with Gasteiger partial charge in [-0.15, -0.1) is 0 Å². The summed E-state index contributed by atoms with van der Waals surface area (Å²) in [4.78, 5) is 24.6. The predicted molar refractivity (Wildman–Crippen MR) is 164 cm³/mol. The molecule has 7 rings (SSSR count). The van der Waals surface area contributed by atoms with Gasteiger partial charge in [0.25, 0.3) is 5.91 Å². The zero-order chi connectivity index (χ0) is 28.0. The first-order valence-corrected chi connectivity index (χ1v) is 14.8. The lowest BCUT2D eigenvalue weighted by Crippen LogP contribution is -2.47. The summed E-state index contributed by atoms with van der Waals surface area (Å²) in [5.41, 5.74) is 12.9. The van der Waals surface area contributed by atoms with Crippen molar-refractivity contribution in [2.24, 2.45) is 11.1 Å². The molecule has 1 aliphatic heterocycles. The van der Waals surface area contributed by atoms with Gasteiger partial charge in [0, 0.05) is 61.1 Å². The molecule has 7 nitrogen and oxygen atoms in total. The second-order valence-corrected chi connectivity index (χ2v) is 12.2. The second kappa shape index (κ2) is 10.5. The van der Waals surface area contributed by atoms with Gasteiger partial charge in [-0.05, 0) is 85.1 Å². The number of nitrogens with two attached hydrogens (primary N) is 1. The first-order valence-electron chi connectivity index (χ1n) is 14.4. The van der Waals surface area contributed by atoms with Crippen molar-refractivity contribution in [3.05, 3.63) is 88.7 Å². The maximum absolute atomic E-state index is 12.2. The normalized spacial score (nSPS) is 18.7. The fraction of sp³-hybridized carbons (Fsp3) is 0.333. The summed E-state index contributed by atoms with van der Waals surface area (Å²) in [5.74, 6) is 0.493. The highest BCUT2D eigenvalue weighted by Gasteiger charge is 2.45. The molecule has 3 heterocycles. The molecule has 2 aromatic heterocycles. The molecule has 8 heteroatoms. The molecule has 1 saturated heterocycles. The number of hydrogen-bond acceptors (Lipinski definition) is 5. The number of ether oxygens (including phenoxy) is 1. The molecule has 2 aliphatic carbocycles. The minimum Gasteiger partial charge on any atom is -0.455 e. The number of hydrogen-bond donors (Lipinski definition) is 2. The largest absolute Gasteiger partial charge is 0.455 e. The quantitative estimate of drug-likeness (QED) is 0.261. The van der Waals surface area contributed by atoms with Crippen LogP contribution in [0.2, 0.25) is 5.02 Å². The Balaban J connectivity index is 1.06. The van der Waals surface area contributed by atoms with E-state index in [4.69, 9.17) is 22.1 Å². The van der Waals surface area contributed by atoms with Crippen LogP contribution >= 0.6 is 11.6 Å². The third kappa shape index (κ3) is 5.44. The Labute approximate surface area is 244 Å². The van der Waals surface area contributed by atoms with Crippen molar-refractivity contribution in [2.75, 3.05) is 37.6 Å². The lowest BCUT2D eigenvalue weighted by atomic mass is 9.78. The van der Waals surface area contributed by atoms with E-state index in [1.807, 2.05) is 42.6 Å². The minimum atomic E-state index is -0.516. The number of carbonyl (C=O) groups excluding carboxylic acids is 1. The fourth-order valence-electron chi connectivity index (χ4n) is 6.42. The van der Waals surface area contributed by atoms with Crippen molar-refractivity contribution in [3.63, 3.8) is 0 Å². The van der Waals surface area contributed by atoms with E-state index in [-0.39, 0.29) is 0 Å². The van der Waals surface area contributed by atoms with Gasteiger partial charge >= 0.3 is 0 Å². The fourth-order valence-corrected chi connectivity index (χ4v) is 6.55. The van der Waals surface area contributed by atoms with E-state index in [0.29, 0.717) is 22.5 Å². The van der Waals surface area contributed by atoms with Crippen molar-refractivity contribution >= 4 is 39.8 Å². The van der Waals surface area contributed by atoms with Crippen LogP contribution in [0.1, 0.15) is 48.0 Å². The Morgan fingerprint density at radius 2 is 1.83 bits per heavy atom. The number of fused-ring (bicyclic) bond motifs is 1. The lowest BCUT2D eigenvalue weighted by Gasteiger charge is -2.38. The topological polar surface area (TPSA) is 87.5 Å². The summed E-state index contributed by atoms with van der Waals surface area (Å²) in [6.45, 7) is 4.78. The van der Waals surface area contributed by atoms with Crippen molar-refractivity contribution in [1.82, 2.24) is 14.9 Å². The highest BCUT2D eigenvalue weighted by Crippen LogP contribution is 2.59. The number of benzene rings is 2. The number of H-pyrrole nitrogens is 1. The zero-order valence-corrected chi connectivity index (χ0v) is 23.8. The standard InChI is InChI=1S/C33H34ClN5O2/c34-25-3-1-22(2-4-25)29-19-33(10-11-33)9-7-24(29)21-38-13-15-39(16-14-38)26-5-6-28(31(35)40)30(18-26)41-27-17-23-8-12-36-32(23)37-20-27/h1-6,8,12,17-18,20H,7,9-11,13-16,19,21H2,(H2,35,40)(H,36,37). The number of primary amides is 1. The molecule has 3 N–H and O–H groups in total. The van der Waals surface area contributed by atoms with E-state index in [9.17, 15) is 4.79 Å². The molecule has 4 aromatic rings. The number of nitrogens with one attached hydrogen (secondary N) is 1. The van der Waals surface area contributed by atoms with Crippen molar-refractivity contribution in [1.29, 1.82) is 0 Å². The van der Waals surface area contributed by atoms with Crippen LogP contribution in [-0.2, 0) is 0 Å². The predicted octanol–water partition coefficient (Wildman–Crippen LogP) is 6.65. The lowest BCUT2D eigenvalue weighted by molar-refractivity contribution is 0.0998. The van der Waals surface area contributed by atoms with Crippen LogP contribution in [-0.4, -0.2) is 53.5 Å². The summed E-state index contributed by atoms with van der Waals surface area (Å²) in [5, 5.41) is 1.73. The van der Waals surface area contributed by atoms with Crippen LogP contribution in [0.5, 0.6) is 11.5 Å². The summed E-state index contributed by atoms with van der Waals surface area (Å²) in [6.07, 6.45) is 9.94. The van der Waals surface area contributed by atoms with Gasteiger partial charge in [-0.2, -0.15) is 0 Å². The van der Waals surface area contributed by atoms with Crippen LogP contribution in [0, 0.1) is 5.41 Å². The Morgan fingerprint density at radius 1 is 1.02 bits per heavy atom. The molecule has 0 unspecified atom stereocenters. The van der Waals surface area contributed by atoms with Gasteiger partial charge in [0.2, 0.25) is 0 Å². The van der Waals surface area contributed by atoms with Crippen molar-refractivity contribution in [3.8, 4) is 11.5 Å². The monoisotopic (exact) mass is 567 g/mol. The SMILES string of the molecule is NC(=O)c1ccc(N2CCN(CC3=C(c4ccc(Cl)cc4)CC4(CC3)CC4)CC2)cc1Oc1cnc2[nH]ccc2c1. The summed E-state index contributed by atoms with van der Waals surface area (Å²) in [7, 11) is 0. The molecule has 2 aromatic carbocycles. The number of halogens is 1. The van der Waals surface area contributed by atoms with Gasteiger partial charge in [0.15, 0.2) is 0 Å². The molecular weight excluding hydrogens is 534 g/mol. The minimum absolute atomic E-state index is 0.356. The highest BCUT2D eigenvalue weighted by atomic mass is 35.5. The first-order chi connectivity index (χ1) is 19.9. The molecule has 210 valence electrons. The van der Waals surface area contributed by atoms with Gasteiger partial charge < -0.3 is 20.4 Å². The van der Waals surface area contributed by atoms with Crippen LogP contribution in [0.15, 0.2) is 72.6 Å². The Hall–Kier alpha value is -3.81. The van der Waals surface area contributed by atoms with Crippen molar-refractivity contribution in [2.45, 2.75) is 32.1 Å². The maximum atomic E-state index is 12.2. The van der Waals surface area contributed by atoms with Gasteiger partial charge in [-0.1, -0.05) is 29.3 Å². The average Bonchev–Trinajstić information content (AvgIpc) is 3.57. The molecular formula is C33H34ClN5O2. The Bertz CT molecular complexity index is 1630. The summed E-state index contributed by atoms with van der Waals surface area (Å²) in [6, 6.07) is 17.9. The zero-order valence-electron chi connectivity index (χ0n) is 23.0. The number of amides is 1. The molecule has 0 bridgehead atoms. The number of aromatic amines is 1. The van der Waals surface area contributed by atoms with E-state index in [1.165, 1.54) is 37.7 Å². The molecule has 3 aliphatic rings. The van der Waals surface area contributed by atoms with Gasteiger partial charge in [-0.25, -0.2) is 4.98 Å². The third-order valence-corrected chi connectivity index (χ3v) is 9.32.